The van der Waals surface area contributed by atoms with Crippen LogP contribution in [0, 0.1) is 0 Å². The molecule has 0 spiro atoms. The first kappa shape index (κ1) is 33.9. The summed E-state index contributed by atoms with van der Waals surface area (Å²) in [6.45, 7) is 4.31. The zero-order valence-electron chi connectivity index (χ0n) is 24.7. The van der Waals surface area contributed by atoms with Crippen molar-refractivity contribution in [1.29, 1.82) is 0 Å². The molecule has 4 aromatic carbocycles. The lowest BCUT2D eigenvalue weighted by atomic mass is 9.94. The van der Waals surface area contributed by atoms with Gasteiger partial charge in [-0.1, -0.05) is 109 Å². The van der Waals surface area contributed by atoms with E-state index in [2.05, 4.69) is 119 Å². The van der Waals surface area contributed by atoms with Crippen molar-refractivity contribution in [3.05, 3.63) is 131 Å². The van der Waals surface area contributed by atoms with E-state index in [1.807, 2.05) is 11.8 Å². The molecule has 6 rings (SSSR count). The summed E-state index contributed by atoms with van der Waals surface area (Å²) in [6, 6.07) is 40.7. The van der Waals surface area contributed by atoms with Gasteiger partial charge < -0.3 is 0 Å². The Morgan fingerprint density at radius 3 is 1.59 bits per heavy atom. The Hall–Kier alpha value is -3.03. The van der Waals surface area contributed by atoms with Gasteiger partial charge in [-0.3, -0.25) is 18.9 Å². The van der Waals surface area contributed by atoms with E-state index in [1.165, 1.54) is 32.0 Å². The standard InChI is InChI=1S/C31H30N2S.2CH4O3S/c1-3-11-24(12-4-1)31(25-13-5-2-6-14-25)33-21-19-32(20-22-33)28-23-26-15-7-9-17-29(26)34-30-18-10-8-16-27(28)30;2*1-5(2,3)4/h1-18,28,31H,19-23H2;2*1H3,(H,2,3,4). The van der Waals surface area contributed by atoms with Gasteiger partial charge in [-0.25, -0.2) is 0 Å². The molecular formula is C33H38N2O6S3. The number of benzene rings is 4. The number of rotatable bonds is 4. The van der Waals surface area contributed by atoms with Crippen molar-refractivity contribution >= 4 is 32.0 Å². The molecule has 2 N–H and O–H groups in total. The molecule has 234 valence electrons. The largest absolute Gasteiger partial charge is 0.293 e. The molecule has 1 unspecified atom stereocenters. The summed E-state index contributed by atoms with van der Waals surface area (Å²) in [5.74, 6) is 0. The minimum atomic E-state index is -3.67. The van der Waals surface area contributed by atoms with Crippen molar-refractivity contribution in [2.24, 2.45) is 0 Å². The normalized spacial score (nSPS) is 17.2. The summed E-state index contributed by atoms with van der Waals surface area (Å²) in [5, 5.41) is 0. The summed E-state index contributed by atoms with van der Waals surface area (Å²) in [5.41, 5.74) is 5.72. The Morgan fingerprint density at radius 2 is 1.07 bits per heavy atom. The van der Waals surface area contributed by atoms with Crippen LogP contribution in [0.4, 0.5) is 0 Å². The predicted octanol–water partition coefficient (Wildman–Crippen LogP) is 5.85. The van der Waals surface area contributed by atoms with Crippen molar-refractivity contribution in [2.75, 3.05) is 38.7 Å². The lowest BCUT2D eigenvalue weighted by molar-refractivity contribution is 0.0773. The average Bonchev–Trinajstić information content (AvgIpc) is 3.14. The molecule has 1 fully saturated rings. The van der Waals surface area contributed by atoms with Gasteiger partial charge in [0, 0.05) is 42.0 Å². The molecule has 0 saturated carbocycles. The van der Waals surface area contributed by atoms with Gasteiger partial charge in [-0.05, 0) is 40.8 Å². The van der Waals surface area contributed by atoms with Gasteiger partial charge in [0.25, 0.3) is 20.2 Å². The number of hydrogen-bond donors (Lipinski definition) is 2. The highest BCUT2D eigenvalue weighted by Gasteiger charge is 2.32. The van der Waals surface area contributed by atoms with Crippen molar-refractivity contribution in [3.63, 3.8) is 0 Å². The SMILES string of the molecule is CS(=O)(=O)O.CS(=O)(=O)O.c1ccc(C(c2ccccc2)N2CCN(C3Cc4ccccc4Sc4ccccc43)CC2)cc1. The Morgan fingerprint density at radius 1 is 0.636 bits per heavy atom. The summed E-state index contributed by atoms with van der Waals surface area (Å²) >= 11 is 1.93. The minimum Gasteiger partial charge on any atom is -0.293 e. The van der Waals surface area contributed by atoms with Gasteiger partial charge in [0.05, 0.1) is 18.6 Å². The summed E-state index contributed by atoms with van der Waals surface area (Å²) in [6.07, 6.45) is 2.51. The van der Waals surface area contributed by atoms with Crippen LogP contribution in [0.15, 0.2) is 119 Å². The molecule has 44 heavy (non-hydrogen) atoms. The lowest BCUT2D eigenvalue weighted by Crippen LogP contribution is -2.49. The number of hydrogen-bond acceptors (Lipinski definition) is 7. The molecule has 0 aromatic heterocycles. The van der Waals surface area contributed by atoms with Crippen LogP contribution in [0.1, 0.15) is 34.3 Å². The van der Waals surface area contributed by atoms with Crippen molar-refractivity contribution < 1.29 is 25.9 Å². The van der Waals surface area contributed by atoms with E-state index in [0.717, 1.165) is 32.6 Å². The lowest BCUT2D eigenvalue weighted by Gasteiger charge is -2.43. The molecule has 4 aromatic rings. The van der Waals surface area contributed by atoms with Gasteiger partial charge >= 0.3 is 0 Å². The highest BCUT2D eigenvalue weighted by molar-refractivity contribution is 7.99. The van der Waals surface area contributed by atoms with E-state index in [-0.39, 0.29) is 0 Å². The third kappa shape index (κ3) is 10.6. The van der Waals surface area contributed by atoms with Crippen LogP contribution in [0.25, 0.3) is 0 Å². The Bertz CT molecular complexity index is 1630. The van der Waals surface area contributed by atoms with Crippen molar-refractivity contribution in [2.45, 2.75) is 28.3 Å². The zero-order chi connectivity index (χ0) is 31.7. The fourth-order valence-electron chi connectivity index (χ4n) is 5.58. The third-order valence-electron chi connectivity index (χ3n) is 7.27. The van der Waals surface area contributed by atoms with Gasteiger partial charge in [-0.2, -0.15) is 16.8 Å². The van der Waals surface area contributed by atoms with Crippen LogP contribution in [-0.2, 0) is 26.7 Å². The van der Waals surface area contributed by atoms with Crippen LogP contribution < -0.4 is 0 Å². The molecule has 8 nitrogen and oxygen atoms in total. The maximum absolute atomic E-state index is 9.19. The smallest absolute Gasteiger partial charge is 0.261 e. The minimum absolute atomic E-state index is 0.308. The molecule has 0 radical (unpaired) electrons. The second kappa shape index (κ2) is 15.3. The fraction of sp³-hybridized carbons (Fsp3) is 0.273. The van der Waals surface area contributed by atoms with E-state index in [0.29, 0.717) is 24.6 Å². The molecule has 2 aliphatic rings. The van der Waals surface area contributed by atoms with E-state index >= 15 is 0 Å². The highest BCUT2D eigenvalue weighted by atomic mass is 32.2. The molecular weight excluding hydrogens is 617 g/mol. The van der Waals surface area contributed by atoms with Crippen molar-refractivity contribution in [1.82, 2.24) is 9.80 Å². The second-order valence-electron chi connectivity index (χ2n) is 10.7. The first-order chi connectivity index (χ1) is 20.9. The number of nitrogens with zero attached hydrogens (tertiary/aromatic N) is 2. The summed E-state index contributed by atoms with van der Waals surface area (Å²) in [7, 11) is -7.33. The van der Waals surface area contributed by atoms with E-state index in [1.54, 1.807) is 0 Å². The summed E-state index contributed by atoms with van der Waals surface area (Å²) in [4.78, 5) is 8.22. The summed E-state index contributed by atoms with van der Waals surface area (Å²) < 4.78 is 51.7. The van der Waals surface area contributed by atoms with E-state index in [9.17, 15) is 16.8 Å². The molecule has 1 saturated heterocycles. The molecule has 1 atom stereocenters. The predicted molar refractivity (Wildman–Crippen MR) is 176 cm³/mol. The van der Waals surface area contributed by atoms with Crippen LogP contribution in [0.3, 0.4) is 0 Å². The monoisotopic (exact) mass is 654 g/mol. The Labute approximate surface area is 265 Å². The fourth-order valence-corrected chi connectivity index (χ4v) is 6.71. The third-order valence-corrected chi connectivity index (χ3v) is 8.48. The maximum atomic E-state index is 9.19. The number of piperazine rings is 1. The van der Waals surface area contributed by atoms with Crippen LogP contribution in [-0.4, -0.2) is 74.4 Å². The first-order valence-corrected chi connectivity index (χ1v) is 18.7. The van der Waals surface area contributed by atoms with Crippen LogP contribution in [0.5, 0.6) is 0 Å². The molecule has 0 aliphatic carbocycles. The Balaban J connectivity index is 0.000000386. The first-order valence-electron chi connectivity index (χ1n) is 14.1. The topological polar surface area (TPSA) is 115 Å². The maximum Gasteiger partial charge on any atom is 0.261 e. The van der Waals surface area contributed by atoms with Crippen LogP contribution >= 0.6 is 11.8 Å². The molecule has 2 heterocycles. The zero-order valence-corrected chi connectivity index (χ0v) is 27.2. The van der Waals surface area contributed by atoms with Gasteiger partial charge in [-0.15, -0.1) is 0 Å². The second-order valence-corrected chi connectivity index (χ2v) is 14.7. The molecule has 0 amide bonds. The molecule has 2 aliphatic heterocycles. The van der Waals surface area contributed by atoms with E-state index < -0.39 is 20.2 Å². The molecule has 0 bridgehead atoms. The van der Waals surface area contributed by atoms with Gasteiger partial charge in [0.1, 0.15) is 0 Å². The average molecular weight is 655 g/mol. The van der Waals surface area contributed by atoms with Gasteiger partial charge in [0.2, 0.25) is 0 Å². The van der Waals surface area contributed by atoms with Gasteiger partial charge in [0.15, 0.2) is 0 Å². The van der Waals surface area contributed by atoms with Crippen molar-refractivity contribution in [3.8, 4) is 0 Å². The quantitative estimate of drug-likeness (QED) is 0.262. The highest BCUT2D eigenvalue weighted by Crippen LogP contribution is 2.43. The van der Waals surface area contributed by atoms with Crippen LogP contribution in [0.2, 0.25) is 0 Å². The number of fused-ring (bicyclic) bond motifs is 2. The van der Waals surface area contributed by atoms with E-state index in [4.69, 9.17) is 9.11 Å². The Kier molecular flexibility index (Phi) is 11.8. The molecule has 11 heteroatoms.